The monoisotopic (exact) mass is 412 g/mol. The van der Waals surface area contributed by atoms with E-state index in [0.29, 0.717) is 0 Å². The molecule has 1 rings (SSSR count). The standard InChI is InChI=1S/C18H28N4O7/c1-10-8-19-16(26)21(14(10)24)9-13(23)22(11(2)15(25)28-7)12(3)20-17(27)29-18(4,5)6/h8,11-12H,9H2,1-7H3,(H,19,26)(H,20,27)/t11-,12?/m1/s1. The van der Waals surface area contributed by atoms with Gasteiger partial charge in [-0.2, -0.15) is 0 Å². The van der Waals surface area contributed by atoms with Gasteiger partial charge in [-0.05, 0) is 41.5 Å². The Bertz CT molecular complexity index is 881. The number of carbonyl (C=O) groups excluding carboxylic acids is 3. The first-order valence-electron chi connectivity index (χ1n) is 8.96. The van der Waals surface area contributed by atoms with Crippen molar-refractivity contribution in [3.8, 4) is 0 Å². The number of aryl methyl sites for hydroxylation is 1. The van der Waals surface area contributed by atoms with Gasteiger partial charge >= 0.3 is 17.8 Å². The largest absolute Gasteiger partial charge is 0.467 e. The number of nitrogens with one attached hydrogen (secondary N) is 2. The van der Waals surface area contributed by atoms with Gasteiger partial charge in [0.25, 0.3) is 5.56 Å². The van der Waals surface area contributed by atoms with Crippen LogP contribution in [0.5, 0.6) is 0 Å². The van der Waals surface area contributed by atoms with Gasteiger partial charge in [-0.1, -0.05) is 0 Å². The minimum absolute atomic E-state index is 0.241. The molecule has 0 aromatic carbocycles. The Morgan fingerprint density at radius 1 is 1.24 bits per heavy atom. The molecule has 1 unspecified atom stereocenters. The first-order chi connectivity index (χ1) is 13.3. The highest BCUT2D eigenvalue weighted by Gasteiger charge is 2.33. The second kappa shape index (κ2) is 9.39. The molecule has 0 saturated heterocycles. The van der Waals surface area contributed by atoms with E-state index in [1.165, 1.54) is 27.0 Å². The fourth-order valence-corrected chi connectivity index (χ4v) is 2.57. The van der Waals surface area contributed by atoms with Gasteiger partial charge in [0.1, 0.15) is 24.4 Å². The summed E-state index contributed by atoms with van der Waals surface area (Å²) in [6, 6.07) is -1.10. The molecule has 0 saturated carbocycles. The molecule has 0 aliphatic carbocycles. The molecule has 1 heterocycles. The molecule has 0 fully saturated rings. The number of alkyl carbamates (subject to hydrolysis) is 1. The summed E-state index contributed by atoms with van der Waals surface area (Å²) in [5, 5.41) is 2.47. The number of aromatic amines is 1. The maximum Gasteiger partial charge on any atom is 0.409 e. The number of hydrogen-bond acceptors (Lipinski definition) is 7. The highest BCUT2D eigenvalue weighted by molar-refractivity contribution is 5.84. The van der Waals surface area contributed by atoms with Crippen molar-refractivity contribution in [1.29, 1.82) is 0 Å². The first-order valence-corrected chi connectivity index (χ1v) is 8.96. The third-order valence-electron chi connectivity index (χ3n) is 3.92. The van der Waals surface area contributed by atoms with Crippen LogP contribution in [0.15, 0.2) is 15.8 Å². The number of amides is 2. The number of aromatic nitrogens is 2. The highest BCUT2D eigenvalue weighted by atomic mass is 16.6. The van der Waals surface area contributed by atoms with E-state index >= 15 is 0 Å². The van der Waals surface area contributed by atoms with Gasteiger partial charge in [0.15, 0.2) is 0 Å². The number of H-pyrrole nitrogens is 1. The van der Waals surface area contributed by atoms with Gasteiger partial charge in [-0.15, -0.1) is 0 Å². The molecule has 2 amide bonds. The van der Waals surface area contributed by atoms with E-state index in [1.54, 1.807) is 20.8 Å². The molecule has 2 N–H and O–H groups in total. The van der Waals surface area contributed by atoms with Gasteiger partial charge in [-0.3, -0.25) is 14.2 Å². The Balaban J connectivity index is 3.18. The van der Waals surface area contributed by atoms with E-state index < -0.39 is 53.6 Å². The molecule has 1 aromatic rings. The lowest BCUT2D eigenvalue weighted by Crippen LogP contribution is -2.57. The summed E-state index contributed by atoms with van der Waals surface area (Å²) in [4.78, 5) is 64.6. The predicted molar refractivity (Wildman–Crippen MR) is 103 cm³/mol. The Kier molecular flexibility index (Phi) is 7.75. The van der Waals surface area contributed by atoms with E-state index in [0.717, 1.165) is 16.6 Å². The van der Waals surface area contributed by atoms with Gasteiger partial charge in [-0.25, -0.2) is 14.4 Å². The predicted octanol–water partition coefficient (Wildman–Crippen LogP) is 0.106. The van der Waals surface area contributed by atoms with Crippen LogP contribution in [-0.2, 0) is 25.6 Å². The zero-order valence-corrected chi connectivity index (χ0v) is 17.7. The highest BCUT2D eigenvalue weighted by Crippen LogP contribution is 2.10. The summed E-state index contributed by atoms with van der Waals surface area (Å²) in [5.74, 6) is -1.48. The fourth-order valence-electron chi connectivity index (χ4n) is 2.57. The summed E-state index contributed by atoms with van der Waals surface area (Å²) in [7, 11) is 1.16. The van der Waals surface area contributed by atoms with Crippen LogP contribution < -0.4 is 16.6 Å². The van der Waals surface area contributed by atoms with Crippen molar-refractivity contribution in [3.05, 3.63) is 32.6 Å². The summed E-state index contributed by atoms with van der Waals surface area (Å²) in [6.07, 6.45) is -0.552. The van der Waals surface area contributed by atoms with E-state index in [-0.39, 0.29) is 5.56 Å². The van der Waals surface area contributed by atoms with Crippen molar-refractivity contribution in [2.24, 2.45) is 0 Å². The molecule has 11 nitrogen and oxygen atoms in total. The molecule has 0 aliphatic rings. The Morgan fingerprint density at radius 2 is 1.83 bits per heavy atom. The number of rotatable bonds is 6. The van der Waals surface area contributed by atoms with Gasteiger partial charge in [0, 0.05) is 11.8 Å². The quantitative estimate of drug-likeness (QED) is 0.499. The topological polar surface area (TPSA) is 140 Å². The van der Waals surface area contributed by atoms with Gasteiger partial charge in [0.2, 0.25) is 5.91 Å². The molecule has 1 aromatic heterocycles. The lowest BCUT2D eigenvalue weighted by atomic mass is 10.2. The van der Waals surface area contributed by atoms with Crippen LogP contribution in [0.3, 0.4) is 0 Å². The van der Waals surface area contributed by atoms with Crippen molar-refractivity contribution in [1.82, 2.24) is 19.8 Å². The average molecular weight is 412 g/mol. The van der Waals surface area contributed by atoms with E-state index in [9.17, 15) is 24.0 Å². The zero-order chi connectivity index (χ0) is 22.5. The third kappa shape index (κ3) is 6.47. The SMILES string of the molecule is COC(=O)[C@@H](C)N(C(=O)Cn1c(=O)[nH]cc(C)c1=O)C(C)NC(=O)OC(C)(C)C. The number of hydrogen-bond donors (Lipinski definition) is 2. The molecular formula is C18H28N4O7. The lowest BCUT2D eigenvalue weighted by Gasteiger charge is -2.34. The average Bonchev–Trinajstić information content (AvgIpc) is 2.59. The Morgan fingerprint density at radius 3 is 2.34 bits per heavy atom. The number of esters is 1. The van der Waals surface area contributed by atoms with E-state index in [1.807, 2.05) is 0 Å². The van der Waals surface area contributed by atoms with Crippen molar-refractivity contribution in [3.63, 3.8) is 0 Å². The first kappa shape index (κ1) is 23.9. The number of nitrogens with zero attached hydrogens (tertiary/aromatic N) is 2. The van der Waals surface area contributed by atoms with Crippen LogP contribution in [0.1, 0.15) is 40.2 Å². The maximum absolute atomic E-state index is 12.9. The van der Waals surface area contributed by atoms with Gasteiger partial charge in [0.05, 0.1) is 7.11 Å². The number of carbonyl (C=O) groups is 3. The zero-order valence-electron chi connectivity index (χ0n) is 17.7. The summed E-state index contributed by atoms with van der Waals surface area (Å²) in [6.45, 7) is 8.75. The normalized spacial score (nSPS) is 13.2. The maximum atomic E-state index is 12.9. The Hall–Kier alpha value is -3.11. The minimum Gasteiger partial charge on any atom is -0.467 e. The number of methoxy groups -OCH3 is 1. The second-order valence-electron chi connectivity index (χ2n) is 7.49. The molecule has 11 heteroatoms. The second-order valence-corrected chi connectivity index (χ2v) is 7.49. The van der Waals surface area contributed by atoms with Crippen molar-refractivity contribution < 1.29 is 23.9 Å². The smallest absolute Gasteiger partial charge is 0.409 e. The molecule has 0 bridgehead atoms. The third-order valence-corrected chi connectivity index (χ3v) is 3.92. The Labute approximate surface area is 168 Å². The molecule has 0 aliphatic heterocycles. The van der Waals surface area contributed by atoms with Gasteiger partial charge < -0.3 is 24.7 Å². The van der Waals surface area contributed by atoms with Crippen molar-refractivity contribution in [2.45, 2.75) is 65.9 Å². The summed E-state index contributed by atoms with van der Waals surface area (Å²) >= 11 is 0. The van der Waals surface area contributed by atoms with Crippen molar-refractivity contribution >= 4 is 18.0 Å². The van der Waals surface area contributed by atoms with Crippen LogP contribution in [-0.4, -0.2) is 57.3 Å². The van der Waals surface area contributed by atoms with Crippen LogP contribution >= 0.6 is 0 Å². The van der Waals surface area contributed by atoms with Crippen molar-refractivity contribution in [2.75, 3.05) is 7.11 Å². The molecule has 2 atom stereocenters. The fraction of sp³-hybridized carbons (Fsp3) is 0.611. The number of ether oxygens (including phenoxy) is 2. The van der Waals surface area contributed by atoms with Crippen LogP contribution in [0.2, 0.25) is 0 Å². The molecule has 0 spiro atoms. The molecule has 162 valence electrons. The summed E-state index contributed by atoms with van der Waals surface area (Å²) < 4.78 is 10.6. The summed E-state index contributed by atoms with van der Waals surface area (Å²) in [5.41, 5.74) is -1.94. The molecule has 0 radical (unpaired) electrons. The van der Waals surface area contributed by atoms with Crippen LogP contribution in [0.25, 0.3) is 0 Å². The molecular weight excluding hydrogens is 384 g/mol. The van der Waals surface area contributed by atoms with E-state index in [4.69, 9.17) is 4.74 Å². The molecule has 29 heavy (non-hydrogen) atoms. The lowest BCUT2D eigenvalue weighted by molar-refractivity contribution is -0.154. The van der Waals surface area contributed by atoms with Crippen LogP contribution in [0, 0.1) is 6.92 Å². The van der Waals surface area contributed by atoms with E-state index in [2.05, 4.69) is 15.0 Å². The minimum atomic E-state index is -1.10. The van der Waals surface area contributed by atoms with Crippen LogP contribution in [0.4, 0.5) is 4.79 Å².